The molecule has 1 atom stereocenters. The van der Waals surface area contributed by atoms with Crippen molar-refractivity contribution in [1.29, 1.82) is 0 Å². The van der Waals surface area contributed by atoms with Crippen molar-refractivity contribution in [3.8, 4) is 5.75 Å². The van der Waals surface area contributed by atoms with E-state index in [-0.39, 0.29) is 5.82 Å². The molecule has 4 nitrogen and oxygen atoms in total. The maximum Gasteiger partial charge on any atom is 0.126 e. The number of likely N-dealkylation sites (tertiary alicyclic amines) is 1. The average Bonchev–Trinajstić information content (AvgIpc) is 3.37. The highest BCUT2D eigenvalue weighted by molar-refractivity contribution is 5.22. The monoisotopic (exact) mass is 379 g/mol. The van der Waals surface area contributed by atoms with Crippen molar-refractivity contribution in [3.63, 3.8) is 0 Å². The summed E-state index contributed by atoms with van der Waals surface area (Å²) < 4.78 is 18.8. The van der Waals surface area contributed by atoms with Crippen LogP contribution in [0.3, 0.4) is 0 Å². The highest BCUT2D eigenvalue weighted by atomic mass is 19.1. The molecule has 0 bridgehead atoms. The van der Waals surface area contributed by atoms with Crippen LogP contribution < -0.4 is 4.74 Å². The van der Waals surface area contributed by atoms with Crippen molar-refractivity contribution >= 4 is 0 Å². The number of hydrogen-bond donors (Lipinski definition) is 1. The number of benzene rings is 2. The first-order chi connectivity index (χ1) is 13.8. The zero-order chi connectivity index (χ0) is 19.2. The third-order valence-corrected chi connectivity index (χ3v) is 5.34. The summed E-state index contributed by atoms with van der Waals surface area (Å²) in [7, 11) is 0. The van der Waals surface area contributed by atoms with Crippen molar-refractivity contribution in [2.75, 3.05) is 26.2 Å². The number of H-pyrrole nitrogens is 1. The summed E-state index contributed by atoms with van der Waals surface area (Å²) in [5, 5.41) is 7.65. The lowest BCUT2D eigenvalue weighted by Crippen LogP contribution is -2.23. The predicted octanol–water partition coefficient (Wildman–Crippen LogP) is 4.20. The van der Waals surface area contributed by atoms with E-state index in [9.17, 15) is 4.39 Å². The van der Waals surface area contributed by atoms with Crippen LogP contribution in [-0.4, -0.2) is 41.3 Å². The van der Waals surface area contributed by atoms with E-state index in [1.54, 1.807) is 12.1 Å². The lowest BCUT2D eigenvalue weighted by molar-refractivity contribution is 0.319. The van der Waals surface area contributed by atoms with Gasteiger partial charge in [0.05, 0.1) is 12.3 Å². The molecule has 4 rings (SSSR count). The van der Waals surface area contributed by atoms with Crippen molar-refractivity contribution in [1.82, 2.24) is 15.1 Å². The molecule has 1 aliphatic heterocycles. The molecular formula is C23H26FN3O. The quantitative estimate of drug-likeness (QED) is 0.638. The summed E-state index contributed by atoms with van der Waals surface area (Å²) >= 11 is 0. The summed E-state index contributed by atoms with van der Waals surface area (Å²) in [5.74, 6) is 0.772. The van der Waals surface area contributed by atoms with Crippen LogP contribution in [0, 0.1) is 5.82 Å². The number of nitrogens with zero attached hydrogens (tertiary/aromatic N) is 2. The zero-order valence-electron chi connectivity index (χ0n) is 16.0. The molecule has 1 saturated heterocycles. The first-order valence-corrected chi connectivity index (χ1v) is 9.95. The van der Waals surface area contributed by atoms with E-state index in [4.69, 9.17) is 4.74 Å². The highest BCUT2D eigenvalue weighted by Crippen LogP contribution is 2.26. The van der Waals surface area contributed by atoms with Gasteiger partial charge in [0.2, 0.25) is 0 Å². The van der Waals surface area contributed by atoms with Gasteiger partial charge in [0.1, 0.15) is 11.6 Å². The average molecular weight is 379 g/mol. The summed E-state index contributed by atoms with van der Waals surface area (Å²) in [4.78, 5) is 2.53. The fraction of sp³-hybridized carbons (Fsp3) is 0.348. The maximum absolute atomic E-state index is 13.2. The summed E-state index contributed by atoms with van der Waals surface area (Å²) in [5.41, 5.74) is 3.60. The minimum Gasteiger partial charge on any atom is -0.493 e. The van der Waals surface area contributed by atoms with Crippen LogP contribution in [0.4, 0.5) is 4.39 Å². The van der Waals surface area contributed by atoms with Crippen molar-refractivity contribution in [2.24, 2.45) is 0 Å². The smallest absolute Gasteiger partial charge is 0.126 e. The first-order valence-electron chi connectivity index (χ1n) is 9.95. The van der Waals surface area contributed by atoms with Crippen LogP contribution in [0.1, 0.15) is 29.3 Å². The SMILES string of the molecule is Fc1cccc(OCCc2cc(C3CCN(CCc4ccccc4)C3)n[nH]2)c1. The van der Waals surface area contributed by atoms with E-state index in [0.717, 1.165) is 50.3 Å². The van der Waals surface area contributed by atoms with E-state index in [1.165, 1.54) is 17.7 Å². The number of rotatable bonds is 8. The van der Waals surface area contributed by atoms with Gasteiger partial charge in [0.25, 0.3) is 0 Å². The lowest BCUT2D eigenvalue weighted by atomic mass is 10.0. The third-order valence-electron chi connectivity index (χ3n) is 5.34. The van der Waals surface area contributed by atoms with Crippen molar-refractivity contribution in [2.45, 2.75) is 25.2 Å². The molecule has 1 aliphatic rings. The number of aromatic nitrogens is 2. The highest BCUT2D eigenvalue weighted by Gasteiger charge is 2.25. The summed E-state index contributed by atoms with van der Waals surface area (Å²) in [6, 6.07) is 19.1. The van der Waals surface area contributed by atoms with Gasteiger partial charge in [-0.15, -0.1) is 0 Å². The molecule has 0 aliphatic carbocycles. The van der Waals surface area contributed by atoms with E-state index in [1.807, 2.05) is 0 Å². The van der Waals surface area contributed by atoms with Gasteiger partial charge in [-0.05, 0) is 43.1 Å². The number of nitrogens with one attached hydrogen (secondary N) is 1. The van der Waals surface area contributed by atoms with E-state index >= 15 is 0 Å². The molecule has 146 valence electrons. The first kappa shape index (κ1) is 18.7. The molecule has 0 saturated carbocycles. The van der Waals surface area contributed by atoms with Gasteiger partial charge >= 0.3 is 0 Å². The van der Waals surface area contributed by atoms with Crippen LogP contribution in [0.5, 0.6) is 5.75 Å². The second kappa shape index (κ2) is 9.02. The second-order valence-electron chi connectivity index (χ2n) is 7.40. The second-order valence-corrected chi connectivity index (χ2v) is 7.40. The lowest BCUT2D eigenvalue weighted by Gasteiger charge is -2.15. The van der Waals surface area contributed by atoms with Gasteiger partial charge in [-0.1, -0.05) is 36.4 Å². The molecule has 3 aromatic rings. The molecule has 1 aromatic heterocycles. The minimum absolute atomic E-state index is 0.278. The minimum atomic E-state index is -0.278. The van der Waals surface area contributed by atoms with Gasteiger partial charge in [-0.2, -0.15) is 5.10 Å². The Labute approximate surface area is 165 Å². The van der Waals surface area contributed by atoms with Gasteiger partial charge in [-0.3, -0.25) is 5.10 Å². The predicted molar refractivity (Wildman–Crippen MR) is 108 cm³/mol. The molecule has 28 heavy (non-hydrogen) atoms. The molecule has 0 amide bonds. The number of hydrogen-bond acceptors (Lipinski definition) is 3. The van der Waals surface area contributed by atoms with Crippen LogP contribution in [-0.2, 0) is 12.8 Å². The van der Waals surface area contributed by atoms with Gasteiger partial charge in [-0.25, -0.2) is 4.39 Å². The molecule has 1 N–H and O–H groups in total. The maximum atomic E-state index is 13.2. The Balaban J connectivity index is 1.23. The van der Waals surface area contributed by atoms with Gasteiger partial charge < -0.3 is 9.64 Å². The Hall–Kier alpha value is -2.66. The van der Waals surface area contributed by atoms with Crippen LogP contribution >= 0.6 is 0 Å². The number of ether oxygens (including phenoxy) is 1. The molecule has 0 spiro atoms. The Morgan fingerprint density at radius 3 is 2.82 bits per heavy atom. The van der Waals surface area contributed by atoms with E-state index in [2.05, 4.69) is 51.5 Å². The third kappa shape index (κ3) is 4.98. The molecular weight excluding hydrogens is 353 g/mol. The summed E-state index contributed by atoms with van der Waals surface area (Å²) in [6.07, 6.45) is 2.98. The topological polar surface area (TPSA) is 41.1 Å². The van der Waals surface area contributed by atoms with E-state index in [0.29, 0.717) is 18.3 Å². The molecule has 2 aromatic carbocycles. The molecule has 0 radical (unpaired) electrons. The largest absolute Gasteiger partial charge is 0.493 e. The molecule has 1 fully saturated rings. The zero-order valence-corrected chi connectivity index (χ0v) is 16.0. The Kier molecular flexibility index (Phi) is 6.02. The molecule has 5 heteroatoms. The van der Waals surface area contributed by atoms with Crippen molar-refractivity contribution < 1.29 is 9.13 Å². The normalized spacial score (nSPS) is 17.1. The number of halogens is 1. The molecule has 1 unspecified atom stereocenters. The Bertz CT molecular complexity index is 880. The van der Waals surface area contributed by atoms with Crippen molar-refractivity contribution in [3.05, 3.63) is 83.4 Å². The molecule has 2 heterocycles. The fourth-order valence-electron chi connectivity index (χ4n) is 3.76. The standard InChI is InChI=1S/C23H26FN3O/c24-20-7-4-8-22(15-20)28-14-11-21-16-23(26-25-21)19-10-13-27(17-19)12-9-18-5-2-1-3-6-18/h1-8,15-16,19H,9-14,17H2,(H,25,26). The van der Waals surface area contributed by atoms with E-state index < -0.39 is 0 Å². The van der Waals surface area contributed by atoms with Gasteiger partial charge in [0.15, 0.2) is 0 Å². The number of aromatic amines is 1. The van der Waals surface area contributed by atoms with Gasteiger partial charge in [0, 0.05) is 37.2 Å². The summed E-state index contributed by atoms with van der Waals surface area (Å²) in [6.45, 7) is 3.79. The Morgan fingerprint density at radius 2 is 1.96 bits per heavy atom. The van der Waals surface area contributed by atoms with Crippen LogP contribution in [0.2, 0.25) is 0 Å². The van der Waals surface area contributed by atoms with Crippen LogP contribution in [0.15, 0.2) is 60.7 Å². The Morgan fingerprint density at radius 1 is 1.07 bits per heavy atom. The van der Waals surface area contributed by atoms with Crippen LogP contribution in [0.25, 0.3) is 0 Å². The fourth-order valence-corrected chi connectivity index (χ4v) is 3.76.